The Labute approximate surface area is 165 Å². The normalized spacial score (nSPS) is 10.5. The highest BCUT2D eigenvalue weighted by molar-refractivity contribution is 6.01. The van der Waals surface area contributed by atoms with E-state index in [-0.39, 0.29) is 12.2 Å². The van der Waals surface area contributed by atoms with Gasteiger partial charge in [-0.15, -0.1) is 0 Å². The fourth-order valence-electron chi connectivity index (χ4n) is 2.79. The van der Waals surface area contributed by atoms with Crippen molar-refractivity contribution in [1.82, 2.24) is 9.55 Å². The van der Waals surface area contributed by atoms with Gasteiger partial charge in [0.15, 0.2) is 6.61 Å². The SMILES string of the molecule is Cn1c(N)c(C(=O)COC(=O)Cc2ccc(-c3ccccc3)cc2)c(=O)[nH]c1=O. The molecule has 0 saturated heterocycles. The van der Waals surface area contributed by atoms with Gasteiger partial charge in [-0.1, -0.05) is 54.6 Å². The highest BCUT2D eigenvalue weighted by Crippen LogP contribution is 2.19. The van der Waals surface area contributed by atoms with Crippen LogP contribution in [-0.4, -0.2) is 27.9 Å². The van der Waals surface area contributed by atoms with E-state index in [2.05, 4.69) is 0 Å². The van der Waals surface area contributed by atoms with Crippen molar-refractivity contribution in [1.29, 1.82) is 0 Å². The minimum Gasteiger partial charge on any atom is -0.457 e. The van der Waals surface area contributed by atoms with Gasteiger partial charge >= 0.3 is 11.7 Å². The maximum absolute atomic E-state index is 12.2. The predicted octanol–water partition coefficient (Wildman–Crippen LogP) is 1.29. The standard InChI is InChI=1S/C21H19N3O5/c1-24-19(22)18(20(27)23-21(24)28)16(25)12-29-17(26)11-13-7-9-15(10-8-13)14-5-3-2-4-6-14/h2-10H,11-12,22H2,1H3,(H,23,27,28). The number of esters is 1. The molecule has 0 aliphatic heterocycles. The van der Waals surface area contributed by atoms with Gasteiger partial charge < -0.3 is 10.5 Å². The zero-order valence-electron chi connectivity index (χ0n) is 15.7. The Bertz CT molecular complexity index is 1160. The van der Waals surface area contributed by atoms with Crippen LogP contribution >= 0.6 is 0 Å². The maximum Gasteiger partial charge on any atom is 0.329 e. The maximum atomic E-state index is 12.2. The Morgan fingerprint density at radius 3 is 2.28 bits per heavy atom. The summed E-state index contributed by atoms with van der Waals surface area (Å²) in [5.41, 5.74) is 6.40. The number of anilines is 1. The summed E-state index contributed by atoms with van der Waals surface area (Å²) in [6, 6.07) is 17.2. The molecular formula is C21H19N3O5. The molecule has 0 atom stereocenters. The van der Waals surface area contributed by atoms with E-state index in [9.17, 15) is 19.2 Å². The molecule has 148 valence electrons. The summed E-state index contributed by atoms with van der Waals surface area (Å²) in [5, 5.41) is 0. The summed E-state index contributed by atoms with van der Waals surface area (Å²) in [4.78, 5) is 49.5. The molecule has 0 amide bonds. The van der Waals surface area contributed by atoms with Crippen LogP contribution < -0.4 is 17.0 Å². The number of carbonyl (C=O) groups excluding carboxylic acids is 2. The van der Waals surface area contributed by atoms with Crippen molar-refractivity contribution >= 4 is 17.6 Å². The second kappa shape index (κ2) is 8.39. The summed E-state index contributed by atoms with van der Waals surface area (Å²) in [6.07, 6.45) is -0.0263. The molecule has 2 aromatic carbocycles. The summed E-state index contributed by atoms with van der Waals surface area (Å²) in [6.45, 7) is -0.646. The molecular weight excluding hydrogens is 374 g/mol. The number of Topliss-reactive ketones (excluding diaryl/α,β-unsaturated/α-hetero) is 1. The van der Waals surface area contributed by atoms with Crippen molar-refractivity contribution in [2.45, 2.75) is 6.42 Å². The third-order valence-electron chi connectivity index (χ3n) is 4.42. The van der Waals surface area contributed by atoms with Crippen molar-refractivity contribution in [2.24, 2.45) is 7.05 Å². The van der Waals surface area contributed by atoms with Crippen molar-refractivity contribution < 1.29 is 14.3 Å². The molecule has 0 fully saturated rings. The molecule has 3 rings (SSSR count). The lowest BCUT2D eigenvalue weighted by molar-refractivity contribution is -0.141. The second-order valence-corrected chi connectivity index (χ2v) is 6.40. The number of H-pyrrole nitrogens is 1. The minimum absolute atomic E-state index is 0.0263. The molecule has 3 N–H and O–H groups in total. The number of nitrogen functional groups attached to an aromatic ring is 1. The van der Waals surface area contributed by atoms with E-state index < -0.39 is 35.2 Å². The van der Waals surface area contributed by atoms with Gasteiger partial charge in [-0.25, -0.2) is 4.79 Å². The van der Waals surface area contributed by atoms with Crippen molar-refractivity contribution in [3.63, 3.8) is 0 Å². The largest absolute Gasteiger partial charge is 0.457 e. The quantitative estimate of drug-likeness (QED) is 0.480. The van der Waals surface area contributed by atoms with Crippen LogP contribution in [0, 0.1) is 0 Å². The summed E-state index contributed by atoms with van der Waals surface area (Å²) >= 11 is 0. The Hall–Kier alpha value is -3.94. The van der Waals surface area contributed by atoms with Gasteiger partial charge in [0.25, 0.3) is 5.56 Å². The number of rotatable bonds is 6. The van der Waals surface area contributed by atoms with Crippen LogP contribution in [0.4, 0.5) is 5.82 Å². The number of aromatic amines is 1. The number of nitrogens with zero attached hydrogens (tertiary/aromatic N) is 1. The summed E-state index contributed by atoms with van der Waals surface area (Å²) in [7, 11) is 1.31. The molecule has 3 aromatic rings. The average molecular weight is 393 g/mol. The van der Waals surface area contributed by atoms with Crippen molar-refractivity contribution in [2.75, 3.05) is 12.3 Å². The van der Waals surface area contributed by atoms with E-state index in [0.717, 1.165) is 21.3 Å². The fourth-order valence-corrected chi connectivity index (χ4v) is 2.79. The molecule has 1 aromatic heterocycles. The Morgan fingerprint density at radius 2 is 1.62 bits per heavy atom. The van der Waals surface area contributed by atoms with Gasteiger partial charge in [-0.2, -0.15) is 0 Å². The molecule has 29 heavy (non-hydrogen) atoms. The van der Waals surface area contributed by atoms with E-state index in [1.165, 1.54) is 7.05 Å². The van der Waals surface area contributed by atoms with Gasteiger partial charge in [0.2, 0.25) is 5.78 Å². The van der Waals surface area contributed by atoms with E-state index in [0.29, 0.717) is 0 Å². The monoisotopic (exact) mass is 393 g/mol. The lowest BCUT2D eigenvalue weighted by atomic mass is 10.0. The number of benzene rings is 2. The molecule has 0 spiro atoms. The predicted molar refractivity (Wildman–Crippen MR) is 108 cm³/mol. The lowest BCUT2D eigenvalue weighted by Gasteiger charge is -2.08. The number of nitrogens with one attached hydrogen (secondary N) is 1. The number of hydrogen-bond donors (Lipinski definition) is 2. The molecule has 0 radical (unpaired) electrons. The van der Waals surface area contributed by atoms with Crippen LogP contribution in [0.3, 0.4) is 0 Å². The van der Waals surface area contributed by atoms with Crippen LogP contribution in [0.5, 0.6) is 0 Å². The highest BCUT2D eigenvalue weighted by atomic mass is 16.5. The molecule has 0 bridgehead atoms. The third-order valence-corrected chi connectivity index (χ3v) is 4.42. The van der Waals surface area contributed by atoms with Crippen molar-refractivity contribution in [3.8, 4) is 11.1 Å². The second-order valence-electron chi connectivity index (χ2n) is 6.40. The lowest BCUT2D eigenvalue weighted by Crippen LogP contribution is -2.35. The van der Waals surface area contributed by atoms with Crippen LogP contribution in [0.2, 0.25) is 0 Å². The Balaban J connectivity index is 1.62. The minimum atomic E-state index is -0.914. The smallest absolute Gasteiger partial charge is 0.329 e. The fraction of sp³-hybridized carbons (Fsp3) is 0.143. The van der Waals surface area contributed by atoms with Gasteiger partial charge in [0.1, 0.15) is 11.4 Å². The van der Waals surface area contributed by atoms with Gasteiger partial charge in [0.05, 0.1) is 6.42 Å². The molecule has 8 nitrogen and oxygen atoms in total. The molecule has 1 heterocycles. The molecule has 0 aliphatic rings. The van der Waals surface area contributed by atoms with Crippen LogP contribution in [0.1, 0.15) is 15.9 Å². The number of ether oxygens (including phenoxy) is 1. The van der Waals surface area contributed by atoms with Crippen LogP contribution in [0.15, 0.2) is 64.2 Å². The van der Waals surface area contributed by atoms with Gasteiger partial charge in [-0.05, 0) is 16.7 Å². The van der Waals surface area contributed by atoms with E-state index in [1.807, 2.05) is 47.4 Å². The number of ketones is 1. The van der Waals surface area contributed by atoms with Crippen molar-refractivity contribution in [3.05, 3.63) is 86.6 Å². The zero-order chi connectivity index (χ0) is 21.0. The topological polar surface area (TPSA) is 124 Å². The average Bonchev–Trinajstić information content (AvgIpc) is 2.72. The van der Waals surface area contributed by atoms with Gasteiger partial charge in [-0.3, -0.25) is 23.9 Å². The number of hydrogen-bond acceptors (Lipinski definition) is 6. The van der Waals surface area contributed by atoms with Crippen LogP contribution in [0.25, 0.3) is 11.1 Å². The zero-order valence-corrected chi connectivity index (χ0v) is 15.7. The van der Waals surface area contributed by atoms with E-state index >= 15 is 0 Å². The number of aromatic nitrogens is 2. The molecule has 0 unspecified atom stereocenters. The summed E-state index contributed by atoms with van der Waals surface area (Å²) < 4.78 is 5.91. The first kappa shape index (κ1) is 19.8. The summed E-state index contributed by atoms with van der Waals surface area (Å²) in [5.74, 6) is -1.69. The first-order chi connectivity index (χ1) is 13.9. The molecule has 0 saturated carbocycles. The van der Waals surface area contributed by atoms with Gasteiger partial charge in [0, 0.05) is 7.05 Å². The number of carbonyl (C=O) groups is 2. The first-order valence-corrected chi connectivity index (χ1v) is 8.79. The third kappa shape index (κ3) is 4.49. The number of nitrogens with two attached hydrogens (primary N) is 1. The molecule has 8 heteroatoms. The van der Waals surface area contributed by atoms with Crippen LogP contribution in [-0.2, 0) is 23.0 Å². The first-order valence-electron chi connectivity index (χ1n) is 8.79. The Kier molecular flexibility index (Phi) is 5.73. The van der Waals surface area contributed by atoms with E-state index in [4.69, 9.17) is 10.5 Å². The Morgan fingerprint density at radius 1 is 1.00 bits per heavy atom. The highest BCUT2D eigenvalue weighted by Gasteiger charge is 2.19. The van der Waals surface area contributed by atoms with E-state index in [1.54, 1.807) is 12.1 Å². The molecule has 0 aliphatic carbocycles.